The summed E-state index contributed by atoms with van der Waals surface area (Å²) in [6.45, 7) is 1.75. The van der Waals surface area contributed by atoms with Crippen molar-refractivity contribution in [2.75, 3.05) is 0 Å². The van der Waals surface area contributed by atoms with Gasteiger partial charge in [0.2, 0.25) is 0 Å². The summed E-state index contributed by atoms with van der Waals surface area (Å²) >= 11 is 0.955. The molecule has 0 aliphatic heterocycles. The molecule has 0 unspecified atom stereocenters. The summed E-state index contributed by atoms with van der Waals surface area (Å²) in [6, 6.07) is 1.10. The van der Waals surface area contributed by atoms with Crippen LogP contribution in [0.3, 0.4) is 0 Å². The summed E-state index contributed by atoms with van der Waals surface area (Å²) in [5.74, 6) is -1.12. The number of nitro groups is 1. The molecule has 0 saturated carbocycles. The fourth-order valence-electron chi connectivity index (χ4n) is 0.932. The normalized spacial score (nSPS) is 9.92. The monoisotopic (exact) mass is 201 g/mol. The van der Waals surface area contributed by atoms with Gasteiger partial charge in [0.25, 0.3) is 5.69 Å². The third kappa shape index (κ3) is 1.83. The predicted molar refractivity (Wildman–Crippen MR) is 47.3 cm³/mol. The summed E-state index contributed by atoms with van der Waals surface area (Å²) in [5, 5.41) is 19.0. The number of thiophene rings is 1. The molecule has 0 atom stereocenters. The van der Waals surface area contributed by atoms with Gasteiger partial charge in [-0.25, -0.2) is 4.79 Å². The molecule has 1 N–H and O–H groups in total. The van der Waals surface area contributed by atoms with E-state index >= 15 is 0 Å². The van der Waals surface area contributed by atoms with Gasteiger partial charge >= 0.3 is 5.97 Å². The molecule has 1 aromatic heterocycles. The van der Waals surface area contributed by atoms with Gasteiger partial charge in [0, 0.05) is 6.07 Å². The lowest BCUT2D eigenvalue weighted by Gasteiger charge is -1.87. The Hall–Kier alpha value is -1.43. The highest BCUT2D eigenvalue weighted by atomic mass is 32.1. The van der Waals surface area contributed by atoms with E-state index in [1.807, 2.05) is 0 Å². The van der Waals surface area contributed by atoms with Crippen LogP contribution in [-0.2, 0) is 6.42 Å². The Bertz CT molecular complexity index is 357. The minimum Gasteiger partial charge on any atom is -0.477 e. The zero-order valence-electron chi connectivity index (χ0n) is 6.81. The summed E-state index contributed by atoms with van der Waals surface area (Å²) < 4.78 is 0. The molecule has 0 bridgehead atoms. The maximum absolute atomic E-state index is 10.5. The summed E-state index contributed by atoms with van der Waals surface area (Å²) in [7, 11) is 0. The number of carbonyl (C=O) groups is 1. The second-order valence-corrected chi connectivity index (χ2v) is 3.47. The SMILES string of the molecule is CCc1sc(C(=O)O)cc1[N+](=O)[O-]. The largest absolute Gasteiger partial charge is 0.477 e. The van der Waals surface area contributed by atoms with E-state index in [-0.39, 0.29) is 10.6 Å². The van der Waals surface area contributed by atoms with Gasteiger partial charge in [0.05, 0.1) is 9.80 Å². The standard InChI is InChI=1S/C7H7NO4S/c1-2-5-4(8(11)12)3-6(13-5)7(9)10/h3H,2H2,1H3,(H,9,10). The zero-order valence-corrected chi connectivity index (χ0v) is 7.63. The first-order valence-electron chi connectivity index (χ1n) is 3.56. The highest BCUT2D eigenvalue weighted by molar-refractivity contribution is 7.14. The summed E-state index contributed by atoms with van der Waals surface area (Å²) in [4.78, 5) is 20.9. The Morgan fingerprint density at radius 1 is 1.77 bits per heavy atom. The average molecular weight is 201 g/mol. The second-order valence-electron chi connectivity index (χ2n) is 2.33. The van der Waals surface area contributed by atoms with Crippen molar-refractivity contribution in [3.63, 3.8) is 0 Å². The minimum absolute atomic E-state index is 0.0172. The Balaban J connectivity index is 3.19. The first kappa shape index (κ1) is 9.66. The van der Waals surface area contributed by atoms with Crippen molar-refractivity contribution in [3.8, 4) is 0 Å². The molecule has 5 nitrogen and oxygen atoms in total. The van der Waals surface area contributed by atoms with Gasteiger partial charge in [-0.2, -0.15) is 0 Å². The van der Waals surface area contributed by atoms with Crippen molar-refractivity contribution < 1.29 is 14.8 Å². The van der Waals surface area contributed by atoms with E-state index in [0.717, 1.165) is 17.4 Å². The smallest absolute Gasteiger partial charge is 0.346 e. The lowest BCUT2D eigenvalue weighted by atomic mass is 10.3. The van der Waals surface area contributed by atoms with Crippen molar-refractivity contribution in [3.05, 3.63) is 25.9 Å². The number of hydrogen-bond donors (Lipinski definition) is 1. The molecule has 70 valence electrons. The van der Waals surface area contributed by atoms with Crippen LogP contribution in [0.25, 0.3) is 0 Å². The van der Waals surface area contributed by atoms with Gasteiger partial charge in [-0.05, 0) is 6.42 Å². The van der Waals surface area contributed by atoms with Gasteiger partial charge in [-0.1, -0.05) is 6.92 Å². The molecule has 0 fully saturated rings. The molecular formula is C7H7NO4S. The number of carboxylic acid groups (broad SMARTS) is 1. The van der Waals surface area contributed by atoms with E-state index in [2.05, 4.69) is 0 Å². The lowest BCUT2D eigenvalue weighted by Crippen LogP contribution is -1.91. The van der Waals surface area contributed by atoms with Crippen molar-refractivity contribution in [2.45, 2.75) is 13.3 Å². The van der Waals surface area contributed by atoms with Crippen LogP contribution in [0.5, 0.6) is 0 Å². The Labute approximate surface area is 77.8 Å². The van der Waals surface area contributed by atoms with Crippen LogP contribution in [0, 0.1) is 10.1 Å². The van der Waals surface area contributed by atoms with E-state index in [1.165, 1.54) is 0 Å². The molecule has 0 saturated heterocycles. The molecule has 1 aromatic rings. The third-order valence-corrected chi connectivity index (χ3v) is 2.77. The Kier molecular flexibility index (Phi) is 2.62. The quantitative estimate of drug-likeness (QED) is 0.598. The molecule has 6 heteroatoms. The molecule has 13 heavy (non-hydrogen) atoms. The number of carboxylic acids is 1. The van der Waals surface area contributed by atoms with Crippen LogP contribution in [-0.4, -0.2) is 16.0 Å². The van der Waals surface area contributed by atoms with Gasteiger partial charge < -0.3 is 5.11 Å². The minimum atomic E-state index is -1.12. The van der Waals surface area contributed by atoms with E-state index < -0.39 is 10.9 Å². The van der Waals surface area contributed by atoms with Crippen LogP contribution < -0.4 is 0 Å². The van der Waals surface area contributed by atoms with E-state index in [9.17, 15) is 14.9 Å². The van der Waals surface area contributed by atoms with E-state index in [1.54, 1.807) is 6.92 Å². The van der Waals surface area contributed by atoms with Crippen LogP contribution in [0.2, 0.25) is 0 Å². The van der Waals surface area contributed by atoms with E-state index in [4.69, 9.17) is 5.11 Å². The number of aromatic carboxylic acids is 1. The fourth-order valence-corrected chi connectivity index (χ4v) is 1.84. The van der Waals surface area contributed by atoms with Crippen LogP contribution in [0.1, 0.15) is 21.5 Å². The molecule has 0 aliphatic carbocycles. The predicted octanol–water partition coefficient (Wildman–Crippen LogP) is 1.92. The highest BCUT2D eigenvalue weighted by Gasteiger charge is 2.20. The number of aryl methyl sites for hydroxylation is 1. The number of hydrogen-bond acceptors (Lipinski definition) is 4. The highest BCUT2D eigenvalue weighted by Crippen LogP contribution is 2.29. The lowest BCUT2D eigenvalue weighted by molar-refractivity contribution is -0.385. The fraction of sp³-hybridized carbons (Fsp3) is 0.286. The topological polar surface area (TPSA) is 80.4 Å². The molecule has 0 aliphatic rings. The molecule has 1 heterocycles. The Morgan fingerprint density at radius 2 is 2.38 bits per heavy atom. The van der Waals surface area contributed by atoms with Gasteiger partial charge in [0.15, 0.2) is 0 Å². The molecule has 0 aromatic carbocycles. The molecule has 1 rings (SSSR count). The zero-order chi connectivity index (χ0) is 10.0. The maximum Gasteiger partial charge on any atom is 0.346 e. The van der Waals surface area contributed by atoms with Crippen molar-refractivity contribution in [1.82, 2.24) is 0 Å². The Morgan fingerprint density at radius 3 is 2.69 bits per heavy atom. The summed E-state index contributed by atoms with van der Waals surface area (Å²) in [5.41, 5.74) is -0.0927. The molecular weight excluding hydrogens is 194 g/mol. The van der Waals surface area contributed by atoms with Crippen LogP contribution in [0.15, 0.2) is 6.07 Å². The third-order valence-electron chi connectivity index (χ3n) is 1.52. The van der Waals surface area contributed by atoms with Crippen molar-refractivity contribution in [1.29, 1.82) is 0 Å². The van der Waals surface area contributed by atoms with Gasteiger partial charge in [0.1, 0.15) is 4.88 Å². The maximum atomic E-state index is 10.5. The first-order chi connectivity index (χ1) is 6.06. The van der Waals surface area contributed by atoms with Crippen molar-refractivity contribution >= 4 is 23.0 Å². The average Bonchev–Trinajstić information content (AvgIpc) is 2.47. The van der Waals surface area contributed by atoms with Gasteiger partial charge in [-0.3, -0.25) is 10.1 Å². The summed E-state index contributed by atoms with van der Waals surface area (Å²) in [6.07, 6.45) is 0.480. The number of rotatable bonds is 3. The molecule has 0 amide bonds. The first-order valence-corrected chi connectivity index (χ1v) is 4.38. The van der Waals surface area contributed by atoms with Crippen LogP contribution in [0.4, 0.5) is 5.69 Å². The van der Waals surface area contributed by atoms with Crippen molar-refractivity contribution in [2.24, 2.45) is 0 Å². The van der Waals surface area contributed by atoms with E-state index in [0.29, 0.717) is 11.3 Å². The molecule has 0 spiro atoms. The number of nitrogens with zero attached hydrogens (tertiary/aromatic N) is 1. The molecule has 0 radical (unpaired) electrons. The van der Waals surface area contributed by atoms with Gasteiger partial charge in [-0.15, -0.1) is 11.3 Å². The van der Waals surface area contributed by atoms with Crippen LogP contribution >= 0.6 is 11.3 Å². The second kappa shape index (κ2) is 3.53.